The molecule has 0 aromatic rings. The van der Waals surface area contributed by atoms with Crippen LogP contribution in [0.25, 0.3) is 0 Å². The molecule has 1 aliphatic carbocycles. The molecule has 1 aliphatic rings. The maximum atomic E-state index is 11.1. The Morgan fingerprint density at radius 3 is 2.46 bits per heavy atom. The van der Waals surface area contributed by atoms with Gasteiger partial charge in [0.1, 0.15) is 5.84 Å². The highest BCUT2D eigenvalue weighted by Gasteiger charge is 2.35. The van der Waals surface area contributed by atoms with Gasteiger partial charge in [0.05, 0.1) is 6.04 Å². The number of hydrogen-bond acceptors (Lipinski definition) is 3. The quantitative estimate of drug-likeness (QED) is 0.333. The maximum absolute atomic E-state index is 11.1. The van der Waals surface area contributed by atoms with E-state index in [9.17, 15) is 8.42 Å². The molecule has 6 nitrogen and oxygen atoms in total. The molecule has 1 unspecified atom stereocenters. The predicted octanol–water partition coefficient (Wildman–Crippen LogP) is -1.25. The van der Waals surface area contributed by atoms with Gasteiger partial charge in [0.2, 0.25) is 0 Å². The number of hydrogen-bond donors (Lipinski definition) is 4. The Balaban J connectivity index is 2.62. The molecule has 5 N–H and O–H groups in total. The van der Waals surface area contributed by atoms with Crippen molar-refractivity contribution in [3.63, 3.8) is 0 Å². The summed E-state index contributed by atoms with van der Waals surface area (Å²) in [5, 5.41) is 7.20. The van der Waals surface area contributed by atoms with Crippen LogP contribution in [-0.2, 0) is 10.2 Å². The van der Waals surface area contributed by atoms with Crippen LogP contribution in [0.15, 0.2) is 0 Å². The second-order valence-corrected chi connectivity index (χ2v) is 4.75. The number of nitrogens with two attached hydrogens (primary N) is 1. The molecule has 0 bridgehead atoms. The first-order chi connectivity index (χ1) is 5.96. The van der Waals surface area contributed by atoms with E-state index >= 15 is 0 Å². The molecule has 1 atom stereocenters. The van der Waals surface area contributed by atoms with Gasteiger partial charge in [-0.05, 0) is 18.8 Å². The summed E-state index contributed by atoms with van der Waals surface area (Å²) < 4.78 is 26.6. The highest BCUT2D eigenvalue weighted by Crippen LogP contribution is 2.32. The fourth-order valence-corrected chi connectivity index (χ4v) is 1.84. The molecule has 0 heterocycles. The van der Waals surface area contributed by atoms with Crippen LogP contribution in [0, 0.1) is 11.3 Å². The average Bonchev–Trinajstić information content (AvgIpc) is 2.82. The van der Waals surface area contributed by atoms with Crippen LogP contribution in [0.1, 0.15) is 12.8 Å². The zero-order chi connectivity index (χ0) is 10.1. The summed E-state index contributed by atoms with van der Waals surface area (Å²) in [4.78, 5) is 0. The lowest BCUT2D eigenvalue weighted by molar-refractivity contribution is 0.555. The Morgan fingerprint density at radius 1 is 1.62 bits per heavy atom. The molecular formula is C6H14N4O2S. The number of nitrogens with one attached hydrogen (secondary N) is 3. The van der Waals surface area contributed by atoms with Gasteiger partial charge in [-0.3, -0.25) is 5.41 Å². The highest BCUT2D eigenvalue weighted by molar-refractivity contribution is 7.87. The predicted molar refractivity (Wildman–Crippen MR) is 49.5 cm³/mol. The summed E-state index contributed by atoms with van der Waals surface area (Å²) in [7, 11) is -2.18. The van der Waals surface area contributed by atoms with Crippen LogP contribution in [0.5, 0.6) is 0 Å². The summed E-state index contributed by atoms with van der Waals surface area (Å²) in [5.41, 5.74) is 5.27. The van der Waals surface area contributed by atoms with Crippen molar-refractivity contribution in [3.8, 4) is 0 Å². The van der Waals surface area contributed by atoms with E-state index in [4.69, 9.17) is 11.1 Å². The molecule has 1 saturated carbocycles. The Morgan fingerprint density at radius 2 is 2.15 bits per heavy atom. The monoisotopic (exact) mass is 206 g/mol. The smallest absolute Gasteiger partial charge is 0.277 e. The molecule has 13 heavy (non-hydrogen) atoms. The standard InChI is InChI=1S/C6H14N4O2S/c1-9-13(11,12)10-5(6(7)8)4-2-3-4/h4-5,9-10H,2-3H2,1H3,(H3,7,8). The van der Waals surface area contributed by atoms with Gasteiger partial charge in [0, 0.05) is 7.05 Å². The topological polar surface area (TPSA) is 108 Å². The summed E-state index contributed by atoms with van der Waals surface area (Å²) in [6.07, 6.45) is 1.85. The van der Waals surface area contributed by atoms with Crippen LogP contribution < -0.4 is 15.2 Å². The van der Waals surface area contributed by atoms with E-state index in [1.165, 1.54) is 7.05 Å². The first kappa shape index (κ1) is 10.4. The van der Waals surface area contributed by atoms with Gasteiger partial charge in [0.25, 0.3) is 10.2 Å². The molecule has 76 valence electrons. The fraction of sp³-hybridized carbons (Fsp3) is 0.833. The second-order valence-electron chi connectivity index (χ2n) is 3.10. The van der Waals surface area contributed by atoms with E-state index in [1.54, 1.807) is 0 Å². The second kappa shape index (κ2) is 3.60. The van der Waals surface area contributed by atoms with Crippen molar-refractivity contribution >= 4 is 16.0 Å². The highest BCUT2D eigenvalue weighted by atomic mass is 32.2. The van der Waals surface area contributed by atoms with Crippen molar-refractivity contribution < 1.29 is 8.42 Å². The third kappa shape index (κ3) is 2.94. The van der Waals surface area contributed by atoms with Crippen molar-refractivity contribution in [1.82, 2.24) is 9.44 Å². The summed E-state index contributed by atoms with van der Waals surface area (Å²) >= 11 is 0. The Hall–Kier alpha value is -0.660. The molecule has 0 saturated heterocycles. The Labute approximate surface area is 77.6 Å². The van der Waals surface area contributed by atoms with Gasteiger partial charge in [-0.25, -0.2) is 4.72 Å². The number of amidine groups is 1. The summed E-state index contributed by atoms with van der Waals surface area (Å²) in [6, 6.07) is -0.544. The van der Waals surface area contributed by atoms with Crippen LogP contribution >= 0.6 is 0 Å². The van der Waals surface area contributed by atoms with E-state index in [2.05, 4.69) is 9.44 Å². The largest absolute Gasteiger partial charge is 0.386 e. The molecule has 0 aromatic carbocycles. The van der Waals surface area contributed by atoms with Crippen LogP contribution in [0.3, 0.4) is 0 Å². The van der Waals surface area contributed by atoms with Gasteiger partial charge in [0.15, 0.2) is 0 Å². The molecule has 0 spiro atoms. The van der Waals surface area contributed by atoms with E-state index in [-0.39, 0.29) is 11.8 Å². The van der Waals surface area contributed by atoms with Crippen molar-refractivity contribution in [1.29, 1.82) is 5.41 Å². The molecule has 1 rings (SSSR count). The lowest BCUT2D eigenvalue weighted by atomic mass is 10.2. The van der Waals surface area contributed by atoms with Gasteiger partial charge < -0.3 is 5.73 Å². The summed E-state index contributed by atoms with van der Waals surface area (Å²) in [6.45, 7) is 0. The van der Waals surface area contributed by atoms with Crippen molar-refractivity contribution in [3.05, 3.63) is 0 Å². The SMILES string of the molecule is CNS(=O)(=O)NC(C(=N)N)C1CC1. The molecule has 0 aromatic heterocycles. The Bertz CT molecular complexity index is 296. The molecule has 0 radical (unpaired) electrons. The third-order valence-electron chi connectivity index (χ3n) is 1.98. The first-order valence-corrected chi connectivity index (χ1v) is 5.49. The minimum atomic E-state index is -3.49. The average molecular weight is 206 g/mol. The van der Waals surface area contributed by atoms with Gasteiger partial charge in [-0.15, -0.1) is 0 Å². The minimum Gasteiger partial charge on any atom is -0.386 e. The zero-order valence-corrected chi connectivity index (χ0v) is 8.19. The molecule has 0 aliphatic heterocycles. The lowest BCUT2D eigenvalue weighted by Crippen LogP contribution is -2.48. The van der Waals surface area contributed by atoms with Crippen molar-refractivity contribution in [2.75, 3.05) is 7.05 Å². The van der Waals surface area contributed by atoms with Crippen LogP contribution in [0.2, 0.25) is 0 Å². The third-order valence-corrected chi connectivity index (χ3v) is 3.08. The van der Waals surface area contributed by atoms with E-state index in [0.717, 1.165) is 12.8 Å². The Kier molecular flexibility index (Phi) is 2.89. The molecule has 7 heteroatoms. The molecule has 1 fully saturated rings. The van der Waals surface area contributed by atoms with Gasteiger partial charge >= 0.3 is 0 Å². The molecule has 0 amide bonds. The maximum Gasteiger partial charge on any atom is 0.277 e. The molecular weight excluding hydrogens is 192 g/mol. The van der Waals surface area contributed by atoms with Crippen molar-refractivity contribution in [2.24, 2.45) is 11.7 Å². The normalized spacial score (nSPS) is 19.8. The van der Waals surface area contributed by atoms with E-state index in [1.807, 2.05) is 0 Å². The fourth-order valence-electron chi connectivity index (χ4n) is 1.07. The van der Waals surface area contributed by atoms with Crippen molar-refractivity contribution in [2.45, 2.75) is 18.9 Å². The van der Waals surface area contributed by atoms with Gasteiger partial charge in [-0.1, -0.05) is 0 Å². The zero-order valence-electron chi connectivity index (χ0n) is 7.37. The van der Waals surface area contributed by atoms with Crippen LogP contribution in [-0.4, -0.2) is 27.3 Å². The first-order valence-electron chi connectivity index (χ1n) is 4.01. The van der Waals surface area contributed by atoms with Crippen LogP contribution in [0.4, 0.5) is 0 Å². The minimum absolute atomic E-state index is 0.124. The van der Waals surface area contributed by atoms with E-state index < -0.39 is 16.3 Å². The summed E-state index contributed by atoms with van der Waals surface area (Å²) in [5.74, 6) is 0.0713. The lowest BCUT2D eigenvalue weighted by Gasteiger charge is -2.15. The van der Waals surface area contributed by atoms with Gasteiger partial charge in [-0.2, -0.15) is 13.1 Å². The van der Waals surface area contributed by atoms with E-state index in [0.29, 0.717) is 0 Å². The number of rotatable bonds is 5.